The van der Waals surface area contributed by atoms with Crippen molar-refractivity contribution in [3.05, 3.63) is 35.6 Å². The van der Waals surface area contributed by atoms with Crippen molar-refractivity contribution in [3.8, 4) is 0 Å². The van der Waals surface area contributed by atoms with E-state index < -0.39 is 0 Å². The number of ether oxygens (including phenoxy) is 1. The van der Waals surface area contributed by atoms with Gasteiger partial charge in [-0.2, -0.15) is 0 Å². The van der Waals surface area contributed by atoms with Gasteiger partial charge in [0.15, 0.2) is 0 Å². The predicted octanol–water partition coefficient (Wildman–Crippen LogP) is 2.54. The van der Waals surface area contributed by atoms with E-state index in [0.717, 1.165) is 65.1 Å². The maximum Gasteiger partial charge on any atom is 0.254 e. The molecule has 0 radical (unpaired) electrons. The van der Waals surface area contributed by atoms with E-state index in [4.69, 9.17) is 4.74 Å². The Bertz CT molecular complexity index is 532. The lowest BCUT2D eigenvalue weighted by molar-refractivity contribution is 0.0218. The molecule has 2 saturated heterocycles. The summed E-state index contributed by atoms with van der Waals surface area (Å²) < 4.78 is 18.9. The number of morpholine rings is 1. The van der Waals surface area contributed by atoms with Crippen LogP contribution < -0.4 is 0 Å². The van der Waals surface area contributed by atoms with Crippen LogP contribution in [0.4, 0.5) is 4.39 Å². The van der Waals surface area contributed by atoms with Crippen molar-refractivity contribution < 1.29 is 13.9 Å². The van der Waals surface area contributed by atoms with Crippen LogP contribution in [0.1, 0.15) is 36.0 Å². The normalized spacial score (nSPS) is 23.5. The molecule has 23 heavy (non-hydrogen) atoms. The number of nitrogens with zero attached hydrogens (tertiary/aromatic N) is 2. The zero-order valence-electron chi connectivity index (χ0n) is 13.5. The summed E-state index contributed by atoms with van der Waals surface area (Å²) in [7, 11) is 0. The van der Waals surface area contributed by atoms with Crippen LogP contribution in [0.15, 0.2) is 24.3 Å². The van der Waals surface area contributed by atoms with Crippen molar-refractivity contribution in [3.63, 3.8) is 0 Å². The van der Waals surface area contributed by atoms with Crippen LogP contribution in [0.2, 0.25) is 0 Å². The van der Waals surface area contributed by atoms with Crippen LogP contribution in [0, 0.1) is 5.82 Å². The first-order valence-electron chi connectivity index (χ1n) is 8.61. The molecule has 3 rings (SSSR count). The van der Waals surface area contributed by atoms with Crippen LogP contribution in [0.5, 0.6) is 0 Å². The van der Waals surface area contributed by atoms with Gasteiger partial charge in [-0.1, -0.05) is 18.9 Å². The Morgan fingerprint density at radius 2 is 2.00 bits per heavy atom. The summed E-state index contributed by atoms with van der Waals surface area (Å²) in [6, 6.07) is 6.26. The topological polar surface area (TPSA) is 32.8 Å². The molecule has 0 spiro atoms. The molecule has 1 aromatic carbocycles. The second kappa shape index (κ2) is 7.88. The van der Waals surface area contributed by atoms with Gasteiger partial charge in [-0.15, -0.1) is 0 Å². The summed E-state index contributed by atoms with van der Waals surface area (Å²) in [5.41, 5.74) is 0.457. The van der Waals surface area contributed by atoms with Gasteiger partial charge in [0.2, 0.25) is 0 Å². The van der Waals surface area contributed by atoms with Gasteiger partial charge in [-0.25, -0.2) is 4.39 Å². The Hall–Kier alpha value is -1.46. The Balaban J connectivity index is 1.73. The lowest BCUT2D eigenvalue weighted by Crippen LogP contribution is -2.49. The van der Waals surface area contributed by atoms with Crippen LogP contribution >= 0.6 is 0 Å². The molecule has 0 aromatic heterocycles. The maximum atomic E-state index is 13.5. The van der Waals surface area contributed by atoms with E-state index in [1.54, 1.807) is 12.1 Å². The molecule has 126 valence electrons. The Kier molecular flexibility index (Phi) is 5.62. The van der Waals surface area contributed by atoms with E-state index in [1.807, 2.05) is 4.90 Å². The fraction of sp³-hybridized carbons (Fsp3) is 0.611. The fourth-order valence-electron chi connectivity index (χ4n) is 3.50. The number of amides is 1. The Morgan fingerprint density at radius 3 is 2.78 bits per heavy atom. The number of rotatable bonds is 3. The third-order valence-corrected chi connectivity index (χ3v) is 4.78. The minimum absolute atomic E-state index is 0.0374. The molecule has 2 heterocycles. The van der Waals surface area contributed by atoms with Gasteiger partial charge < -0.3 is 9.64 Å². The van der Waals surface area contributed by atoms with Crippen molar-refractivity contribution in [2.24, 2.45) is 0 Å². The van der Waals surface area contributed by atoms with E-state index >= 15 is 0 Å². The number of likely N-dealkylation sites (tertiary alicyclic amines) is 1. The lowest BCUT2D eigenvalue weighted by atomic mass is 10.1. The molecule has 1 atom stereocenters. The van der Waals surface area contributed by atoms with E-state index in [9.17, 15) is 9.18 Å². The SMILES string of the molecule is O=C(c1cccc(F)c1)N1CCCCCC1CN1CCOCC1. The van der Waals surface area contributed by atoms with Gasteiger partial charge in [-0.05, 0) is 31.0 Å². The highest BCUT2D eigenvalue weighted by Gasteiger charge is 2.28. The molecule has 2 aliphatic rings. The summed E-state index contributed by atoms with van der Waals surface area (Å²) in [5, 5.41) is 0. The molecule has 0 bridgehead atoms. The zero-order valence-corrected chi connectivity index (χ0v) is 13.5. The summed E-state index contributed by atoms with van der Waals surface area (Å²) in [6.07, 6.45) is 4.37. The molecule has 1 aromatic rings. The minimum Gasteiger partial charge on any atom is -0.379 e. The number of halogens is 1. The second-order valence-corrected chi connectivity index (χ2v) is 6.43. The average Bonchev–Trinajstić information content (AvgIpc) is 2.81. The van der Waals surface area contributed by atoms with Gasteiger partial charge in [0.05, 0.1) is 13.2 Å². The van der Waals surface area contributed by atoms with Crippen LogP contribution in [0.3, 0.4) is 0 Å². The van der Waals surface area contributed by atoms with E-state index in [2.05, 4.69) is 4.90 Å². The summed E-state index contributed by atoms with van der Waals surface area (Å²) in [5.74, 6) is -0.389. The highest BCUT2D eigenvalue weighted by atomic mass is 19.1. The molecule has 4 nitrogen and oxygen atoms in total. The first kappa shape index (κ1) is 16.4. The fourth-order valence-corrected chi connectivity index (χ4v) is 3.50. The van der Waals surface area contributed by atoms with E-state index in [-0.39, 0.29) is 17.8 Å². The van der Waals surface area contributed by atoms with Crippen molar-refractivity contribution >= 4 is 5.91 Å². The summed E-state index contributed by atoms with van der Waals surface area (Å²) >= 11 is 0. The average molecular weight is 320 g/mol. The highest BCUT2D eigenvalue weighted by Crippen LogP contribution is 2.21. The third kappa shape index (κ3) is 4.30. The van der Waals surface area contributed by atoms with Gasteiger partial charge in [0.25, 0.3) is 5.91 Å². The first-order chi connectivity index (χ1) is 11.2. The van der Waals surface area contributed by atoms with Crippen LogP contribution in [-0.4, -0.2) is 61.1 Å². The number of carbonyl (C=O) groups is 1. The monoisotopic (exact) mass is 320 g/mol. The molecular weight excluding hydrogens is 295 g/mol. The number of benzene rings is 1. The molecular formula is C18H25FN2O2. The maximum absolute atomic E-state index is 13.5. The molecule has 0 aliphatic carbocycles. The number of carbonyl (C=O) groups excluding carboxylic acids is 1. The third-order valence-electron chi connectivity index (χ3n) is 4.78. The van der Waals surface area contributed by atoms with E-state index in [0.29, 0.717) is 5.56 Å². The van der Waals surface area contributed by atoms with Crippen molar-refractivity contribution in [2.75, 3.05) is 39.4 Å². The molecule has 5 heteroatoms. The molecule has 0 saturated carbocycles. The van der Waals surface area contributed by atoms with Gasteiger partial charge >= 0.3 is 0 Å². The van der Waals surface area contributed by atoms with Crippen molar-refractivity contribution in [1.82, 2.24) is 9.80 Å². The zero-order chi connectivity index (χ0) is 16.1. The number of hydrogen-bond acceptors (Lipinski definition) is 3. The Morgan fingerprint density at radius 1 is 1.17 bits per heavy atom. The van der Waals surface area contributed by atoms with Crippen molar-refractivity contribution in [1.29, 1.82) is 0 Å². The molecule has 2 aliphatic heterocycles. The minimum atomic E-state index is -0.351. The quantitative estimate of drug-likeness (QED) is 0.858. The van der Waals surface area contributed by atoms with Crippen molar-refractivity contribution in [2.45, 2.75) is 31.7 Å². The smallest absolute Gasteiger partial charge is 0.254 e. The molecule has 2 fully saturated rings. The van der Waals surface area contributed by atoms with Gasteiger partial charge in [-0.3, -0.25) is 9.69 Å². The summed E-state index contributed by atoms with van der Waals surface area (Å²) in [6.45, 7) is 5.06. The molecule has 1 amide bonds. The lowest BCUT2D eigenvalue weighted by Gasteiger charge is -2.36. The Labute approximate surface area is 137 Å². The largest absolute Gasteiger partial charge is 0.379 e. The standard InChI is InChI=1S/C18H25FN2O2/c19-16-6-4-5-15(13-16)18(22)21-8-3-1-2-7-17(21)14-20-9-11-23-12-10-20/h4-6,13,17H,1-3,7-12,14H2. The highest BCUT2D eigenvalue weighted by molar-refractivity contribution is 5.94. The van der Waals surface area contributed by atoms with E-state index in [1.165, 1.54) is 12.1 Å². The van der Waals surface area contributed by atoms with Gasteiger partial charge in [0, 0.05) is 37.8 Å². The van der Waals surface area contributed by atoms with Crippen LogP contribution in [-0.2, 0) is 4.74 Å². The second-order valence-electron chi connectivity index (χ2n) is 6.43. The van der Waals surface area contributed by atoms with Crippen LogP contribution in [0.25, 0.3) is 0 Å². The first-order valence-corrected chi connectivity index (χ1v) is 8.61. The predicted molar refractivity (Wildman–Crippen MR) is 87.0 cm³/mol. The molecule has 0 N–H and O–H groups in total. The summed E-state index contributed by atoms with van der Waals surface area (Å²) in [4.78, 5) is 17.2. The molecule has 1 unspecified atom stereocenters. The van der Waals surface area contributed by atoms with Gasteiger partial charge in [0.1, 0.15) is 5.82 Å². The number of hydrogen-bond donors (Lipinski definition) is 0.